The first-order valence-electron chi connectivity index (χ1n) is 4.29. The smallest absolute Gasteiger partial charge is 0.202 e. The maximum atomic E-state index is 5.54. The fraction of sp³-hybridized carbons (Fsp3) is 0.182. The lowest BCUT2D eigenvalue weighted by Crippen LogP contribution is -1.86. The van der Waals surface area contributed by atoms with Crippen LogP contribution in [0.3, 0.4) is 0 Å². The van der Waals surface area contributed by atoms with E-state index in [1.807, 2.05) is 37.3 Å². The lowest BCUT2D eigenvalue weighted by atomic mass is 10.2. The second kappa shape index (κ2) is 3.05. The molecule has 1 atom stereocenters. The van der Waals surface area contributed by atoms with Gasteiger partial charge in [0.15, 0.2) is 5.58 Å². The van der Waals surface area contributed by atoms with Crippen LogP contribution in [-0.2, 0) is 0 Å². The first-order valence-corrected chi connectivity index (χ1v) is 4.29. The molecular formula is C11H11NO. The van der Waals surface area contributed by atoms with Crippen LogP contribution < -0.4 is 0 Å². The molecule has 1 aromatic carbocycles. The van der Waals surface area contributed by atoms with Gasteiger partial charge in [-0.2, -0.15) is 0 Å². The van der Waals surface area contributed by atoms with Gasteiger partial charge in [0.05, 0.1) is 5.92 Å². The molecule has 1 aromatic heterocycles. The fourth-order valence-electron chi connectivity index (χ4n) is 1.19. The van der Waals surface area contributed by atoms with Gasteiger partial charge in [-0.05, 0) is 12.1 Å². The van der Waals surface area contributed by atoms with Crippen molar-refractivity contribution in [3.63, 3.8) is 0 Å². The van der Waals surface area contributed by atoms with Gasteiger partial charge in [-0.1, -0.05) is 25.1 Å². The number of rotatable bonds is 2. The third kappa shape index (κ3) is 1.35. The van der Waals surface area contributed by atoms with E-state index in [1.165, 1.54) is 0 Å². The van der Waals surface area contributed by atoms with E-state index < -0.39 is 0 Å². The molecule has 0 saturated heterocycles. The van der Waals surface area contributed by atoms with Gasteiger partial charge < -0.3 is 4.42 Å². The first kappa shape index (κ1) is 8.05. The Kier molecular flexibility index (Phi) is 1.89. The molecular weight excluding hydrogens is 162 g/mol. The van der Waals surface area contributed by atoms with Gasteiger partial charge in [0.1, 0.15) is 5.52 Å². The van der Waals surface area contributed by atoms with Gasteiger partial charge in [-0.15, -0.1) is 6.58 Å². The summed E-state index contributed by atoms with van der Waals surface area (Å²) in [6, 6.07) is 7.75. The summed E-state index contributed by atoms with van der Waals surface area (Å²) in [5.74, 6) is 0.906. The van der Waals surface area contributed by atoms with Crippen LogP contribution in [-0.4, -0.2) is 4.98 Å². The predicted octanol–water partition coefficient (Wildman–Crippen LogP) is 3.12. The Labute approximate surface area is 76.9 Å². The summed E-state index contributed by atoms with van der Waals surface area (Å²) in [7, 11) is 0. The standard InChI is InChI=1S/C11H11NO/c1-3-8(2)11-12-9-6-4-5-7-10(9)13-11/h3-8H,1H2,2H3. The van der Waals surface area contributed by atoms with Gasteiger partial charge in [0.2, 0.25) is 5.89 Å². The van der Waals surface area contributed by atoms with Crippen LogP contribution in [0.4, 0.5) is 0 Å². The SMILES string of the molecule is C=CC(C)c1nc2ccccc2o1. The number of nitrogens with zero attached hydrogens (tertiary/aromatic N) is 1. The van der Waals surface area contributed by atoms with E-state index in [9.17, 15) is 0 Å². The molecule has 2 aromatic rings. The van der Waals surface area contributed by atoms with Gasteiger partial charge in [0, 0.05) is 0 Å². The average molecular weight is 173 g/mol. The van der Waals surface area contributed by atoms with Gasteiger partial charge in [0.25, 0.3) is 0 Å². The van der Waals surface area contributed by atoms with E-state index in [4.69, 9.17) is 4.42 Å². The van der Waals surface area contributed by atoms with Crippen molar-refractivity contribution < 1.29 is 4.42 Å². The predicted molar refractivity (Wildman–Crippen MR) is 52.6 cm³/mol. The van der Waals surface area contributed by atoms with Crippen molar-refractivity contribution >= 4 is 11.1 Å². The summed E-state index contributed by atoms with van der Waals surface area (Å²) >= 11 is 0. The quantitative estimate of drug-likeness (QED) is 0.652. The van der Waals surface area contributed by atoms with Crippen molar-refractivity contribution in [2.45, 2.75) is 12.8 Å². The van der Waals surface area contributed by atoms with Crippen LogP contribution >= 0.6 is 0 Å². The van der Waals surface area contributed by atoms with Gasteiger partial charge in [-0.25, -0.2) is 4.98 Å². The van der Waals surface area contributed by atoms with Crippen LogP contribution in [0.1, 0.15) is 18.7 Å². The lowest BCUT2D eigenvalue weighted by molar-refractivity contribution is 0.517. The summed E-state index contributed by atoms with van der Waals surface area (Å²) in [6.45, 7) is 5.72. The normalized spacial score (nSPS) is 13.0. The molecule has 1 unspecified atom stereocenters. The Morgan fingerprint density at radius 2 is 2.23 bits per heavy atom. The zero-order chi connectivity index (χ0) is 9.26. The summed E-state index contributed by atoms with van der Waals surface area (Å²) in [6.07, 6.45) is 1.82. The first-order chi connectivity index (χ1) is 6.31. The highest BCUT2D eigenvalue weighted by molar-refractivity contribution is 5.72. The van der Waals surface area contributed by atoms with E-state index in [0.717, 1.165) is 17.0 Å². The molecule has 0 aliphatic carbocycles. The van der Waals surface area contributed by atoms with Crippen molar-refractivity contribution in [3.05, 3.63) is 42.8 Å². The number of aromatic nitrogens is 1. The molecule has 66 valence electrons. The summed E-state index contributed by atoms with van der Waals surface area (Å²) in [5.41, 5.74) is 1.75. The Morgan fingerprint density at radius 1 is 1.46 bits per heavy atom. The summed E-state index contributed by atoms with van der Waals surface area (Å²) in [4.78, 5) is 4.35. The highest BCUT2D eigenvalue weighted by Gasteiger charge is 2.08. The second-order valence-corrected chi connectivity index (χ2v) is 3.04. The number of allylic oxidation sites excluding steroid dienone is 1. The minimum absolute atomic E-state index is 0.174. The van der Waals surface area contributed by atoms with Crippen LogP contribution in [0.5, 0.6) is 0 Å². The lowest BCUT2D eigenvalue weighted by Gasteiger charge is -1.95. The third-order valence-corrected chi connectivity index (χ3v) is 2.05. The molecule has 0 saturated carbocycles. The molecule has 2 nitrogen and oxygen atoms in total. The van der Waals surface area contributed by atoms with Crippen molar-refractivity contribution in [2.75, 3.05) is 0 Å². The van der Waals surface area contributed by atoms with Crippen LogP contribution in [0.15, 0.2) is 41.3 Å². The number of para-hydroxylation sites is 2. The highest BCUT2D eigenvalue weighted by Crippen LogP contribution is 2.21. The molecule has 0 N–H and O–H groups in total. The van der Waals surface area contributed by atoms with Crippen LogP contribution in [0.2, 0.25) is 0 Å². The van der Waals surface area contributed by atoms with E-state index in [0.29, 0.717) is 0 Å². The van der Waals surface area contributed by atoms with Crippen LogP contribution in [0, 0.1) is 0 Å². The van der Waals surface area contributed by atoms with Crippen LogP contribution in [0.25, 0.3) is 11.1 Å². The Bertz CT molecular complexity index is 397. The van der Waals surface area contributed by atoms with Crippen molar-refractivity contribution in [1.82, 2.24) is 4.98 Å². The number of oxazole rings is 1. The molecule has 0 fully saturated rings. The topological polar surface area (TPSA) is 26.0 Å². The fourth-order valence-corrected chi connectivity index (χ4v) is 1.19. The molecule has 0 radical (unpaired) electrons. The maximum Gasteiger partial charge on any atom is 0.202 e. The molecule has 0 spiro atoms. The molecule has 2 heteroatoms. The maximum absolute atomic E-state index is 5.54. The Balaban J connectivity index is 2.55. The van der Waals surface area contributed by atoms with Crippen molar-refractivity contribution in [3.8, 4) is 0 Å². The average Bonchev–Trinajstić information content (AvgIpc) is 2.59. The molecule has 0 aliphatic rings. The van der Waals surface area contributed by atoms with E-state index in [2.05, 4.69) is 11.6 Å². The van der Waals surface area contributed by atoms with Gasteiger partial charge >= 0.3 is 0 Å². The number of benzene rings is 1. The third-order valence-electron chi connectivity index (χ3n) is 2.05. The van der Waals surface area contributed by atoms with Gasteiger partial charge in [-0.3, -0.25) is 0 Å². The molecule has 13 heavy (non-hydrogen) atoms. The highest BCUT2D eigenvalue weighted by atomic mass is 16.3. The van der Waals surface area contributed by atoms with E-state index >= 15 is 0 Å². The minimum atomic E-state index is 0.174. The number of hydrogen-bond acceptors (Lipinski definition) is 2. The number of fused-ring (bicyclic) bond motifs is 1. The molecule has 2 rings (SSSR count). The molecule has 1 heterocycles. The molecule has 0 aliphatic heterocycles. The number of hydrogen-bond donors (Lipinski definition) is 0. The van der Waals surface area contributed by atoms with Crippen molar-refractivity contribution in [1.29, 1.82) is 0 Å². The summed E-state index contributed by atoms with van der Waals surface area (Å²) in [5, 5.41) is 0. The van der Waals surface area contributed by atoms with E-state index in [-0.39, 0.29) is 5.92 Å². The zero-order valence-electron chi connectivity index (χ0n) is 7.53. The Hall–Kier alpha value is -1.57. The van der Waals surface area contributed by atoms with Crippen molar-refractivity contribution in [2.24, 2.45) is 0 Å². The Morgan fingerprint density at radius 3 is 2.92 bits per heavy atom. The monoisotopic (exact) mass is 173 g/mol. The minimum Gasteiger partial charge on any atom is -0.440 e. The second-order valence-electron chi connectivity index (χ2n) is 3.04. The molecule has 0 bridgehead atoms. The zero-order valence-corrected chi connectivity index (χ0v) is 7.53. The van der Waals surface area contributed by atoms with E-state index in [1.54, 1.807) is 0 Å². The largest absolute Gasteiger partial charge is 0.440 e. The summed E-state index contributed by atoms with van der Waals surface area (Å²) < 4.78 is 5.54. The molecule has 0 amide bonds.